The summed E-state index contributed by atoms with van der Waals surface area (Å²) in [6.07, 6.45) is 2.48. The Morgan fingerprint density at radius 3 is 2.59 bits per heavy atom. The Morgan fingerprint density at radius 1 is 1.14 bits per heavy atom. The van der Waals surface area contributed by atoms with Gasteiger partial charge in [0, 0.05) is 25.1 Å². The second-order valence-corrected chi connectivity index (χ2v) is 8.26. The van der Waals surface area contributed by atoms with Crippen LogP contribution in [-0.2, 0) is 17.7 Å². The molecule has 1 fully saturated rings. The average molecular weight is 402 g/mol. The summed E-state index contributed by atoms with van der Waals surface area (Å²) in [4.78, 5) is 2.27. The van der Waals surface area contributed by atoms with Crippen LogP contribution < -0.4 is 5.73 Å². The first-order valence-electron chi connectivity index (χ1n) is 10.3. The van der Waals surface area contributed by atoms with Crippen LogP contribution in [0.25, 0.3) is 0 Å². The molecule has 2 aliphatic rings. The van der Waals surface area contributed by atoms with E-state index in [0.29, 0.717) is 31.2 Å². The molecule has 3 N–H and O–H groups in total. The van der Waals surface area contributed by atoms with E-state index in [1.165, 1.54) is 12.1 Å². The highest BCUT2D eigenvalue weighted by Crippen LogP contribution is 2.40. The molecule has 2 aromatic rings. The number of ether oxygens (including phenoxy) is 1. The maximum Gasteiger partial charge on any atom is 0.159 e. The molecule has 6 heteroatoms. The molecule has 0 aromatic heterocycles. The Kier molecular flexibility index (Phi) is 5.86. The van der Waals surface area contributed by atoms with Gasteiger partial charge in [-0.3, -0.25) is 4.90 Å². The third-order valence-electron chi connectivity index (χ3n) is 6.37. The van der Waals surface area contributed by atoms with Gasteiger partial charge in [0.05, 0.1) is 12.2 Å². The Labute approximate surface area is 170 Å². The first-order chi connectivity index (χ1) is 14.0. The minimum atomic E-state index is -0.810. The van der Waals surface area contributed by atoms with Crippen molar-refractivity contribution < 1.29 is 18.6 Å². The molecule has 0 aliphatic carbocycles. The van der Waals surface area contributed by atoms with Crippen molar-refractivity contribution in [3.63, 3.8) is 0 Å². The molecule has 29 heavy (non-hydrogen) atoms. The van der Waals surface area contributed by atoms with Crippen molar-refractivity contribution in [3.8, 4) is 5.75 Å². The number of aromatic hydroxyl groups is 1. The summed E-state index contributed by atoms with van der Waals surface area (Å²) in [6.45, 7) is 4.67. The molecule has 2 aliphatic heterocycles. The van der Waals surface area contributed by atoms with Crippen molar-refractivity contribution >= 4 is 0 Å². The van der Waals surface area contributed by atoms with Gasteiger partial charge in [-0.1, -0.05) is 18.2 Å². The largest absolute Gasteiger partial charge is 0.507 e. The first kappa shape index (κ1) is 20.3. The molecule has 2 atom stereocenters. The van der Waals surface area contributed by atoms with Crippen LogP contribution in [0, 0.1) is 24.5 Å². The number of piperidine rings is 1. The topological polar surface area (TPSA) is 58.7 Å². The predicted octanol–water partition coefficient (Wildman–Crippen LogP) is 3.83. The minimum absolute atomic E-state index is 0.0363. The average Bonchev–Trinajstić information content (AvgIpc) is 2.73. The maximum atomic E-state index is 13.5. The van der Waals surface area contributed by atoms with E-state index >= 15 is 0 Å². The van der Waals surface area contributed by atoms with Crippen molar-refractivity contribution in [1.29, 1.82) is 0 Å². The number of nitrogens with zero attached hydrogens (tertiary/aromatic N) is 1. The van der Waals surface area contributed by atoms with Crippen LogP contribution in [0.2, 0.25) is 0 Å². The number of hydrogen-bond donors (Lipinski definition) is 2. The molecule has 156 valence electrons. The van der Waals surface area contributed by atoms with E-state index in [9.17, 15) is 13.9 Å². The van der Waals surface area contributed by atoms with Gasteiger partial charge in [-0.2, -0.15) is 0 Å². The van der Waals surface area contributed by atoms with Crippen molar-refractivity contribution in [2.45, 2.75) is 44.9 Å². The van der Waals surface area contributed by atoms with E-state index in [-0.39, 0.29) is 12.2 Å². The lowest BCUT2D eigenvalue weighted by molar-refractivity contribution is -0.0651. The highest BCUT2D eigenvalue weighted by atomic mass is 19.2. The summed E-state index contributed by atoms with van der Waals surface area (Å²) in [5.41, 5.74) is 9.59. The Morgan fingerprint density at radius 2 is 1.90 bits per heavy atom. The Bertz CT molecular complexity index is 881. The molecule has 2 aromatic carbocycles. The summed E-state index contributed by atoms with van der Waals surface area (Å²) < 4.78 is 32.9. The summed E-state index contributed by atoms with van der Waals surface area (Å²) in [5, 5.41) is 10.6. The van der Waals surface area contributed by atoms with Crippen molar-refractivity contribution in [1.82, 2.24) is 4.90 Å². The third kappa shape index (κ3) is 4.15. The summed E-state index contributed by atoms with van der Waals surface area (Å²) in [6, 6.07) is 8.04. The lowest BCUT2D eigenvalue weighted by atomic mass is 9.83. The number of likely N-dealkylation sites (tertiary alicyclic amines) is 1. The van der Waals surface area contributed by atoms with E-state index in [4.69, 9.17) is 10.5 Å². The predicted molar refractivity (Wildman–Crippen MR) is 108 cm³/mol. The van der Waals surface area contributed by atoms with E-state index in [1.54, 1.807) is 6.07 Å². The highest BCUT2D eigenvalue weighted by Gasteiger charge is 2.35. The van der Waals surface area contributed by atoms with Gasteiger partial charge in [-0.15, -0.1) is 0 Å². The molecule has 2 unspecified atom stereocenters. The fourth-order valence-corrected chi connectivity index (χ4v) is 4.66. The lowest BCUT2D eigenvalue weighted by Gasteiger charge is -2.40. The summed E-state index contributed by atoms with van der Waals surface area (Å²) >= 11 is 0. The van der Waals surface area contributed by atoms with Gasteiger partial charge in [0.2, 0.25) is 0 Å². The van der Waals surface area contributed by atoms with Gasteiger partial charge in [0.1, 0.15) is 5.75 Å². The summed E-state index contributed by atoms with van der Waals surface area (Å²) in [5.74, 6) is -0.854. The number of nitrogens with two attached hydrogens (primary N) is 1. The Hall–Kier alpha value is -2.02. The third-order valence-corrected chi connectivity index (χ3v) is 6.37. The van der Waals surface area contributed by atoms with E-state index in [2.05, 4.69) is 4.90 Å². The van der Waals surface area contributed by atoms with Crippen LogP contribution in [-0.4, -0.2) is 35.7 Å². The molecule has 0 bridgehead atoms. The fraction of sp³-hybridized carbons (Fsp3) is 0.478. The van der Waals surface area contributed by atoms with Crippen molar-refractivity contribution in [2.75, 3.05) is 19.6 Å². The number of aryl methyl sites for hydroxylation is 1. The molecule has 4 nitrogen and oxygen atoms in total. The monoisotopic (exact) mass is 402 g/mol. The van der Waals surface area contributed by atoms with Gasteiger partial charge < -0.3 is 15.6 Å². The van der Waals surface area contributed by atoms with Gasteiger partial charge in [0.25, 0.3) is 0 Å². The van der Waals surface area contributed by atoms with Crippen molar-refractivity contribution in [3.05, 3.63) is 64.2 Å². The zero-order chi connectivity index (χ0) is 20.5. The molecular weight excluding hydrogens is 374 g/mol. The number of halogens is 2. The molecule has 0 saturated carbocycles. The van der Waals surface area contributed by atoms with Gasteiger partial charge in [-0.05, 0) is 67.6 Å². The second kappa shape index (κ2) is 8.38. The first-order valence-corrected chi connectivity index (χ1v) is 10.3. The second-order valence-electron chi connectivity index (χ2n) is 8.26. The normalized spacial score (nSPS) is 23.2. The SMILES string of the molecule is Cc1ccc2c(c1O)CC(C1CCN(Cc3ccc(F)c(F)c3)CC1)OC2CN. The molecule has 0 radical (unpaired) electrons. The lowest BCUT2D eigenvalue weighted by Crippen LogP contribution is -2.42. The molecule has 0 amide bonds. The standard InChI is InChI=1S/C23H28F2N2O2/c1-14-2-4-17-18(23(14)28)11-21(29-22(17)12-26)16-6-8-27(9-7-16)13-15-3-5-19(24)20(25)10-15/h2-5,10,16,21-22,28H,6-9,11-13,26H2,1H3. The highest BCUT2D eigenvalue weighted by molar-refractivity contribution is 5.47. The minimum Gasteiger partial charge on any atom is -0.507 e. The van der Waals surface area contributed by atoms with Gasteiger partial charge >= 0.3 is 0 Å². The number of hydrogen-bond acceptors (Lipinski definition) is 4. The molecule has 2 heterocycles. The Balaban J connectivity index is 1.40. The smallest absolute Gasteiger partial charge is 0.159 e. The zero-order valence-electron chi connectivity index (χ0n) is 16.7. The number of rotatable bonds is 4. The van der Waals surface area contributed by atoms with E-state index in [0.717, 1.165) is 48.2 Å². The van der Waals surface area contributed by atoms with Gasteiger partial charge in [-0.25, -0.2) is 8.78 Å². The van der Waals surface area contributed by atoms with Gasteiger partial charge in [0.15, 0.2) is 11.6 Å². The number of phenolic OH excluding ortho intramolecular Hbond substituents is 1. The maximum absolute atomic E-state index is 13.5. The molecular formula is C23H28F2N2O2. The number of phenols is 1. The fourth-order valence-electron chi connectivity index (χ4n) is 4.66. The van der Waals surface area contributed by atoms with Crippen LogP contribution in [0.5, 0.6) is 5.75 Å². The van der Waals surface area contributed by atoms with Crippen LogP contribution in [0.3, 0.4) is 0 Å². The molecule has 1 saturated heterocycles. The number of fused-ring (bicyclic) bond motifs is 1. The van der Waals surface area contributed by atoms with Crippen LogP contribution >= 0.6 is 0 Å². The molecule has 4 rings (SSSR count). The van der Waals surface area contributed by atoms with Crippen LogP contribution in [0.1, 0.15) is 41.2 Å². The van der Waals surface area contributed by atoms with Crippen LogP contribution in [0.15, 0.2) is 30.3 Å². The quantitative estimate of drug-likeness (QED) is 0.816. The van der Waals surface area contributed by atoms with Crippen LogP contribution in [0.4, 0.5) is 8.78 Å². The van der Waals surface area contributed by atoms with E-state index < -0.39 is 11.6 Å². The van der Waals surface area contributed by atoms with Crippen molar-refractivity contribution in [2.24, 2.45) is 11.7 Å². The molecule has 0 spiro atoms. The van der Waals surface area contributed by atoms with E-state index in [1.807, 2.05) is 19.1 Å². The summed E-state index contributed by atoms with van der Waals surface area (Å²) in [7, 11) is 0. The zero-order valence-corrected chi connectivity index (χ0v) is 16.7. The number of benzene rings is 2.